The Kier molecular flexibility index (Phi) is 7.67. The van der Waals surface area contributed by atoms with Gasteiger partial charge in [0.1, 0.15) is 34.5 Å². The maximum atomic E-state index is 13.8. The zero-order valence-corrected chi connectivity index (χ0v) is 20.1. The van der Waals surface area contributed by atoms with Gasteiger partial charge in [0.15, 0.2) is 0 Å². The minimum absolute atomic E-state index is 0.0496. The van der Waals surface area contributed by atoms with Crippen LogP contribution in [0.2, 0.25) is 0 Å². The SMILES string of the molecule is CCOC(=O)C1=C(O)/C(=C/c2ccc(OCc3ccccc3F)cc2)SC1=Nc1ccc(C)cc1. The molecule has 178 valence electrons. The first-order valence-electron chi connectivity index (χ1n) is 11.1. The van der Waals surface area contributed by atoms with Crippen LogP contribution in [0.5, 0.6) is 5.75 Å². The Morgan fingerprint density at radius 1 is 1.06 bits per heavy atom. The van der Waals surface area contributed by atoms with Crippen molar-refractivity contribution in [2.45, 2.75) is 20.5 Å². The number of halogens is 1. The molecule has 0 fully saturated rings. The normalized spacial score (nSPS) is 15.6. The molecule has 7 heteroatoms. The number of thioether (sulfide) groups is 1. The summed E-state index contributed by atoms with van der Waals surface area (Å²) in [6, 6.07) is 21.2. The number of aliphatic imine (C=N–C) groups is 1. The molecular weight excluding hydrogens is 465 g/mol. The Bertz CT molecular complexity index is 1310. The van der Waals surface area contributed by atoms with Crippen LogP contribution in [0.1, 0.15) is 23.6 Å². The van der Waals surface area contributed by atoms with Gasteiger partial charge in [-0.3, -0.25) is 0 Å². The zero-order valence-electron chi connectivity index (χ0n) is 19.3. The van der Waals surface area contributed by atoms with Gasteiger partial charge in [-0.05, 0) is 55.8 Å². The average Bonchev–Trinajstić information content (AvgIpc) is 3.15. The minimum atomic E-state index is -0.622. The molecule has 0 amide bonds. The van der Waals surface area contributed by atoms with Gasteiger partial charge in [0.25, 0.3) is 0 Å². The molecule has 0 spiro atoms. The predicted molar refractivity (Wildman–Crippen MR) is 137 cm³/mol. The Morgan fingerprint density at radius 3 is 2.46 bits per heavy atom. The number of hydrogen-bond acceptors (Lipinski definition) is 6. The van der Waals surface area contributed by atoms with Crippen molar-refractivity contribution in [1.82, 2.24) is 0 Å². The summed E-state index contributed by atoms with van der Waals surface area (Å²) in [4.78, 5) is 17.6. The maximum Gasteiger partial charge on any atom is 0.344 e. The van der Waals surface area contributed by atoms with Crippen LogP contribution < -0.4 is 4.74 Å². The van der Waals surface area contributed by atoms with Gasteiger partial charge in [-0.1, -0.05) is 59.8 Å². The van der Waals surface area contributed by atoms with Crippen molar-refractivity contribution in [3.8, 4) is 5.75 Å². The van der Waals surface area contributed by atoms with E-state index >= 15 is 0 Å². The molecule has 0 bridgehead atoms. The molecule has 0 radical (unpaired) electrons. The monoisotopic (exact) mass is 489 g/mol. The number of carbonyl (C=O) groups is 1. The van der Waals surface area contributed by atoms with Crippen molar-refractivity contribution in [3.05, 3.63) is 112 Å². The molecule has 4 rings (SSSR count). The highest BCUT2D eigenvalue weighted by Gasteiger charge is 2.33. The number of aliphatic hydroxyl groups is 1. The highest BCUT2D eigenvalue weighted by molar-refractivity contribution is 8.18. The van der Waals surface area contributed by atoms with Gasteiger partial charge in [0, 0.05) is 5.56 Å². The second kappa shape index (κ2) is 11.1. The molecule has 35 heavy (non-hydrogen) atoms. The quantitative estimate of drug-likeness (QED) is 0.365. The third-order valence-electron chi connectivity index (χ3n) is 5.16. The minimum Gasteiger partial charge on any atom is -0.506 e. The number of benzene rings is 3. The van der Waals surface area contributed by atoms with E-state index in [0.717, 1.165) is 11.1 Å². The highest BCUT2D eigenvalue weighted by atomic mass is 32.2. The first-order chi connectivity index (χ1) is 16.9. The maximum absolute atomic E-state index is 13.8. The van der Waals surface area contributed by atoms with Gasteiger partial charge in [-0.2, -0.15) is 0 Å². The summed E-state index contributed by atoms with van der Waals surface area (Å²) in [7, 11) is 0. The zero-order chi connectivity index (χ0) is 24.8. The van der Waals surface area contributed by atoms with E-state index in [9.17, 15) is 14.3 Å². The number of hydrogen-bond donors (Lipinski definition) is 1. The highest BCUT2D eigenvalue weighted by Crippen LogP contribution is 2.40. The van der Waals surface area contributed by atoms with Crippen LogP contribution in [0.4, 0.5) is 10.1 Å². The van der Waals surface area contributed by atoms with E-state index < -0.39 is 5.97 Å². The van der Waals surface area contributed by atoms with E-state index in [1.54, 1.807) is 43.3 Å². The predicted octanol–water partition coefficient (Wildman–Crippen LogP) is 6.91. The summed E-state index contributed by atoms with van der Waals surface area (Å²) in [5.74, 6) is -0.513. The fourth-order valence-corrected chi connectivity index (χ4v) is 4.35. The number of ether oxygens (including phenoxy) is 2. The molecule has 0 unspecified atom stereocenters. The Balaban J connectivity index is 1.55. The largest absolute Gasteiger partial charge is 0.506 e. The molecule has 0 aromatic heterocycles. The lowest BCUT2D eigenvalue weighted by atomic mass is 10.1. The molecule has 5 nitrogen and oxygen atoms in total. The van der Waals surface area contributed by atoms with Gasteiger partial charge in [0.05, 0.1) is 17.2 Å². The molecule has 3 aromatic carbocycles. The first-order valence-corrected chi connectivity index (χ1v) is 11.9. The van der Waals surface area contributed by atoms with E-state index in [1.807, 2.05) is 43.3 Å². The summed E-state index contributed by atoms with van der Waals surface area (Å²) >= 11 is 1.20. The summed E-state index contributed by atoms with van der Waals surface area (Å²) in [5, 5.41) is 11.2. The van der Waals surface area contributed by atoms with Crippen LogP contribution in [0.15, 0.2) is 94.0 Å². The number of rotatable bonds is 7. The van der Waals surface area contributed by atoms with Crippen molar-refractivity contribution in [2.75, 3.05) is 6.61 Å². The molecule has 0 atom stereocenters. The lowest BCUT2D eigenvalue weighted by molar-refractivity contribution is -0.138. The molecule has 0 saturated carbocycles. The smallest absolute Gasteiger partial charge is 0.344 e. The molecule has 0 saturated heterocycles. The van der Waals surface area contributed by atoms with Gasteiger partial charge >= 0.3 is 5.97 Å². The fraction of sp³-hybridized carbons (Fsp3) is 0.143. The fourth-order valence-electron chi connectivity index (χ4n) is 3.32. The summed E-state index contributed by atoms with van der Waals surface area (Å²) in [6.45, 7) is 3.99. The Labute approximate surface area is 207 Å². The van der Waals surface area contributed by atoms with Gasteiger partial charge in [-0.25, -0.2) is 14.2 Å². The summed E-state index contributed by atoms with van der Waals surface area (Å²) in [6.07, 6.45) is 1.76. The van der Waals surface area contributed by atoms with Gasteiger partial charge < -0.3 is 14.6 Å². The van der Waals surface area contributed by atoms with Crippen molar-refractivity contribution in [3.63, 3.8) is 0 Å². The number of aryl methyl sites for hydroxylation is 1. The van der Waals surface area contributed by atoms with Crippen LogP contribution in [0, 0.1) is 12.7 Å². The van der Waals surface area contributed by atoms with E-state index in [2.05, 4.69) is 4.99 Å². The van der Waals surface area contributed by atoms with E-state index in [0.29, 0.717) is 26.9 Å². The van der Waals surface area contributed by atoms with Gasteiger partial charge in [0.2, 0.25) is 0 Å². The topological polar surface area (TPSA) is 68.1 Å². The van der Waals surface area contributed by atoms with Crippen LogP contribution in [0.3, 0.4) is 0 Å². The number of esters is 1. The van der Waals surface area contributed by atoms with Gasteiger partial charge in [-0.15, -0.1) is 0 Å². The van der Waals surface area contributed by atoms with Crippen molar-refractivity contribution in [1.29, 1.82) is 0 Å². The van der Waals surface area contributed by atoms with Crippen molar-refractivity contribution in [2.24, 2.45) is 4.99 Å². The molecule has 1 heterocycles. The lowest BCUT2D eigenvalue weighted by Crippen LogP contribution is -2.12. The molecule has 0 aliphatic carbocycles. The second-order valence-electron chi connectivity index (χ2n) is 7.76. The Hall–Kier alpha value is -3.84. The number of nitrogens with zero attached hydrogens (tertiary/aromatic N) is 1. The van der Waals surface area contributed by atoms with E-state index in [4.69, 9.17) is 9.47 Å². The summed E-state index contributed by atoms with van der Waals surface area (Å²) < 4.78 is 24.6. The second-order valence-corrected chi connectivity index (χ2v) is 8.79. The first kappa shape index (κ1) is 24.3. The molecule has 1 N–H and O–H groups in total. The molecule has 3 aromatic rings. The Morgan fingerprint density at radius 2 is 1.77 bits per heavy atom. The molecule has 1 aliphatic heterocycles. The van der Waals surface area contributed by atoms with E-state index in [1.165, 1.54) is 17.8 Å². The van der Waals surface area contributed by atoms with Crippen LogP contribution in [-0.2, 0) is 16.1 Å². The van der Waals surface area contributed by atoms with E-state index in [-0.39, 0.29) is 30.4 Å². The lowest BCUT2D eigenvalue weighted by Gasteiger charge is -2.07. The standard InChI is InChI=1S/C28H24FNO4S/c1-3-33-28(32)25-26(31)24(35-27(25)30-21-12-8-18(2)9-13-21)16-19-10-14-22(15-11-19)34-17-20-6-4-5-7-23(20)29/h4-16,31H,3,17H2,1-2H3/b24-16-,30-27?. The third kappa shape index (κ3) is 6.00. The number of aliphatic hydroxyl groups excluding tert-OH is 1. The average molecular weight is 490 g/mol. The molecule has 1 aliphatic rings. The van der Waals surface area contributed by atoms with Crippen LogP contribution >= 0.6 is 11.8 Å². The third-order valence-corrected chi connectivity index (χ3v) is 6.18. The summed E-state index contributed by atoms with van der Waals surface area (Å²) in [5.41, 5.74) is 3.08. The van der Waals surface area contributed by atoms with Crippen molar-refractivity contribution < 1.29 is 23.8 Å². The van der Waals surface area contributed by atoms with Crippen molar-refractivity contribution >= 4 is 34.5 Å². The van der Waals surface area contributed by atoms with Crippen LogP contribution in [-0.4, -0.2) is 22.7 Å². The van der Waals surface area contributed by atoms with Crippen LogP contribution in [0.25, 0.3) is 6.08 Å². The number of carbonyl (C=O) groups excluding carboxylic acids is 1. The molecular formula is C28H24FNO4S.